The summed E-state index contributed by atoms with van der Waals surface area (Å²) in [6, 6.07) is 9.05. The average Bonchev–Trinajstić information content (AvgIpc) is 3.56. The summed E-state index contributed by atoms with van der Waals surface area (Å²) < 4.78 is 5.22. The van der Waals surface area contributed by atoms with Crippen molar-refractivity contribution >= 4 is 23.5 Å². The fourth-order valence-electron chi connectivity index (χ4n) is 4.84. The Labute approximate surface area is 181 Å². The minimum Gasteiger partial charge on any atom is -0.450 e. The van der Waals surface area contributed by atoms with Crippen LogP contribution in [0.2, 0.25) is 0 Å². The second kappa shape index (κ2) is 8.70. The van der Waals surface area contributed by atoms with Crippen LogP contribution in [0, 0.1) is 11.3 Å². The molecule has 1 aliphatic carbocycles. The first kappa shape index (κ1) is 21.4. The molecule has 31 heavy (non-hydrogen) atoms. The first-order chi connectivity index (χ1) is 15.0. The maximum absolute atomic E-state index is 13.6. The summed E-state index contributed by atoms with van der Waals surface area (Å²) in [5.74, 6) is -1.71. The predicted octanol–water partition coefficient (Wildman–Crippen LogP) is 2.43. The first-order valence-electron chi connectivity index (χ1n) is 10.9. The van der Waals surface area contributed by atoms with Gasteiger partial charge in [0.2, 0.25) is 11.8 Å². The molecule has 8 heteroatoms. The minimum atomic E-state index is -0.982. The molecule has 1 aromatic rings. The van der Waals surface area contributed by atoms with Crippen molar-refractivity contribution in [1.29, 1.82) is 0 Å². The molecule has 3 amide bonds. The Morgan fingerprint density at radius 3 is 2.55 bits per heavy atom. The Morgan fingerprint density at radius 2 is 1.97 bits per heavy atom. The Balaban J connectivity index is 1.57. The maximum atomic E-state index is 13.6. The van der Waals surface area contributed by atoms with Crippen LogP contribution in [0.4, 0.5) is 4.79 Å². The van der Waals surface area contributed by atoms with Crippen molar-refractivity contribution in [2.75, 3.05) is 26.2 Å². The first-order valence-corrected chi connectivity index (χ1v) is 10.9. The number of carbonyl (C=O) groups is 3. The van der Waals surface area contributed by atoms with Gasteiger partial charge in [-0.25, -0.2) is 10.3 Å². The number of piperidine rings is 1. The van der Waals surface area contributed by atoms with Gasteiger partial charge in [-0.3, -0.25) is 19.7 Å². The Hall–Kier alpha value is -2.87. The number of hydroxylamine groups is 1. The molecule has 1 aromatic carbocycles. The van der Waals surface area contributed by atoms with Crippen LogP contribution in [0.1, 0.15) is 38.2 Å². The summed E-state index contributed by atoms with van der Waals surface area (Å²) in [5, 5.41) is 9.31. The molecule has 0 radical (unpaired) electrons. The third kappa shape index (κ3) is 4.30. The van der Waals surface area contributed by atoms with E-state index in [1.54, 1.807) is 17.3 Å². The highest BCUT2D eigenvalue weighted by atomic mass is 16.6. The molecular formula is C23H29N3O5. The molecule has 2 heterocycles. The minimum absolute atomic E-state index is 0.164. The highest BCUT2D eigenvalue weighted by Gasteiger charge is 2.57. The molecule has 2 aliphatic heterocycles. The number of nitrogens with one attached hydrogen (secondary N) is 1. The summed E-state index contributed by atoms with van der Waals surface area (Å²) >= 11 is 0. The zero-order chi connectivity index (χ0) is 22.0. The second-order valence-corrected chi connectivity index (χ2v) is 8.69. The van der Waals surface area contributed by atoms with E-state index in [-0.39, 0.29) is 17.9 Å². The van der Waals surface area contributed by atoms with E-state index in [1.165, 1.54) is 10.5 Å². The van der Waals surface area contributed by atoms with Crippen molar-refractivity contribution in [2.45, 2.75) is 38.6 Å². The summed E-state index contributed by atoms with van der Waals surface area (Å²) in [4.78, 5) is 41.9. The lowest BCUT2D eigenvalue weighted by Gasteiger charge is -2.44. The normalized spacial score (nSPS) is 24.4. The molecule has 1 saturated heterocycles. The van der Waals surface area contributed by atoms with Gasteiger partial charge in [0, 0.05) is 19.6 Å². The van der Waals surface area contributed by atoms with Crippen molar-refractivity contribution in [1.82, 2.24) is 15.3 Å². The van der Waals surface area contributed by atoms with Crippen molar-refractivity contribution in [3.05, 3.63) is 42.0 Å². The average molecular weight is 428 g/mol. The molecule has 166 valence electrons. The molecule has 2 fully saturated rings. The van der Waals surface area contributed by atoms with Gasteiger partial charge in [0.15, 0.2) is 0 Å². The molecule has 3 aliphatic rings. The number of nitrogens with zero attached hydrogens (tertiary/aromatic N) is 2. The third-order valence-corrected chi connectivity index (χ3v) is 6.70. The zero-order valence-corrected chi connectivity index (χ0v) is 17.8. The number of likely N-dealkylation sites (tertiary alicyclic amines) is 1. The van der Waals surface area contributed by atoms with Gasteiger partial charge in [-0.05, 0) is 49.2 Å². The van der Waals surface area contributed by atoms with Gasteiger partial charge < -0.3 is 9.64 Å². The van der Waals surface area contributed by atoms with Crippen molar-refractivity contribution in [3.63, 3.8) is 0 Å². The summed E-state index contributed by atoms with van der Waals surface area (Å²) in [6.45, 7) is 3.22. The molecule has 1 spiro atoms. The van der Waals surface area contributed by atoms with E-state index in [0.717, 1.165) is 18.4 Å². The van der Waals surface area contributed by atoms with E-state index >= 15 is 0 Å². The number of ether oxygens (including phenoxy) is 1. The predicted molar refractivity (Wildman–Crippen MR) is 113 cm³/mol. The summed E-state index contributed by atoms with van der Waals surface area (Å²) in [6.07, 6.45) is 4.41. The van der Waals surface area contributed by atoms with Crippen LogP contribution in [0.5, 0.6) is 0 Å². The molecule has 0 aromatic heterocycles. The quantitative estimate of drug-likeness (QED) is 0.568. The fourth-order valence-corrected chi connectivity index (χ4v) is 4.84. The molecule has 2 atom stereocenters. The molecule has 0 unspecified atom stereocenters. The topological polar surface area (TPSA) is 99.2 Å². The highest BCUT2D eigenvalue weighted by Crippen LogP contribution is 2.55. The molecule has 0 bridgehead atoms. The lowest BCUT2D eigenvalue weighted by molar-refractivity contribution is -0.150. The number of hydrogen-bond donors (Lipinski definition) is 2. The summed E-state index contributed by atoms with van der Waals surface area (Å²) in [7, 11) is 0. The number of benzene rings is 1. The van der Waals surface area contributed by atoms with Gasteiger partial charge >= 0.3 is 6.09 Å². The van der Waals surface area contributed by atoms with Gasteiger partial charge in [-0.15, -0.1) is 0 Å². The van der Waals surface area contributed by atoms with E-state index < -0.39 is 24.0 Å². The number of amides is 3. The molecule has 4 rings (SSSR count). The van der Waals surface area contributed by atoms with Crippen LogP contribution in [0.15, 0.2) is 36.4 Å². The highest BCUT2D eigenvalue weighted by molar-refractivity contribution is 5.93. The van der Waals surface area contributed by atoms with Gasteiger partial charge in [-0.1, -0.05) is 36.4 Å². The Bertz CT molecular complexity index is 880. The van der Waals surface area contributed by atoms with E-state index in [2.05, 4.69) is 0 Å². The van der Waals surface area contributed by atoms with E-state index in [1.807, 2.05) is 36.4 Å². The van der Waals surface area contributed by atoms with Crippen molar-refractivity contribution < 1.29 is 24.3 Å². The molecule has 1 saturated carbocycles. The largest absolute Gasteiger partial charge is 0.450 e. The second-order valence-electron chi connectivity index (χ2n) is 8.69. The van der Waals surface area contributed by atoms with Crippen LogP contribution in [0.25, 0.3) is 5.57 Å². The standard InChI is InChI=1S/C23H29N3O5/c1-2-31-22(29)26-15-23(10-11-23)14-18(20(27)24-30)19(26)21(28)25-12-8-17(9-13-25)16-6-4-3-5-7-16/h3-8,18-19,30H,2,9-15H2,1H3,(H,24,27)/t18-,19-/m0/s1. The van der Waals surface area contributed by atoms with Crippen molar-refractivity contribution in [3.8, 4) is 0 Å². The number of carbonyl (C=O) groups excluding carboxylic acids is 3. The van der Waals surface area contributed by atoms with Crippen LogP contribution in [-0.2, 0) is 14.3 Å². The van der Waals surface area contributed by atoms with Crippen LogP contribution in [-0.4, -0.2) is 65.2 Å². The zero-order valence-electron chi connectivity index (χ0n) is 17.8. The maximum Gasteiger partial charge on any atom is 0.410 e. The van der Waals surface area contributed by atoms with E-state index in [4.69, 9.17) is 4.74 Å². The number of rotatable bonds is 4. The lowest BCUT2D eigenvalue weighted by atomic mass is 9.79. The van der Waals surface area contributed by atoms with E-state index in [9.17, 15) is 19.6 Å². The van der Waals surface area contributed by atoms with Crippen LogP contribution < -0.4 is 5.48 Å². The summed E-state index contributed by atoms with van der Waals surface area (Å²) in [5.41, 5.74) is 3.85. The Morgan fingerprint density at radius 1 is 1.23 bits per heavy atom. The number of hydrogen-bond acceptors (Lipinski definition) is 5. The Kier molecular flexibility index (Phi) is 6.00. The third-order valence-electron chi connectivity index (χ3n) is 6.70. The van der Waals surface area contributed by atoms with E-state index in [0.29, 0.717) is 32.5 Å². The SMILES string of the molecule is CCOC(=O)N1CC2(CC2)C[C@H](C(=O)NO)[C@H]1C(=O)N1CC=C(c2ccccc2)CC1. The van der Waals surface area contributed by atoms with Gasteiger partial charge in [0.05, 0.1) is 12.5 Å². The van der Waals surface area contributed by atoms with Crippen LogP contribution >= 0.6 is 0 Å². The fraction of sp³-hybridized carbons (Fsp3) is 0.522. The monoisotopic (exact) mass is 427 g/mol. The lowest BCUT2D eigenvalue weighted by Crippen LogP contribution is -2.62. The molecule has 8 nitrogen and oxygen atoms in total. The van der Waals surface area contributed by atoms with Crippen molar-refractivity contribution in [2.24, 2.45) is 11.3 Å². The van der Waals surface area contributed by atoms with Gasteiger partial charge in [-0.2, -0.15) is 0 Å². The van der Waals surface area contributed by atoms with Crippen LogP contribution in [0.3, 0.4) is 0 Å². The smallest absolute Gasteiger partial charge is 0.410 e. The molecular weight excluding hydrogens is 398 g/mol. The van der Waals surface area contributed by atoms with Gasteiger partial charge in [0.1, 0.15) is 6.04 Å². The molecule has 2 N–H and O–H groups in total. The van der Waals surface area contributed by atoms with Gasteiger partial charge in [0.25, 0.3) is 0 Å².